The number of carbonyl (C=O) groups excluding carboxylic acids is 1. The molecule has 1 aromatic rings. The largest absolute Gasteiger partial charge is 0.373 e. The van der Waals surface area contributed by atoms with Crippen LogP contribution in [0.2, 0.25) is 0 Å². The van der Waals surface area contributed by atoms with Gasteiger partial charge in [-0.15, -0.1) is 11.8 Å². The molecule has 1 aromatic carbocycles. The van der Waals surface area contributed by atoms with E-state index in [9.17, 15) is 4.79 Å². The maximum atomic E-state index is 12.4. The Bertz CT molecular complexity index is 497. The third-order valence-electron chi connectivity index (χ3n) is 4.41. The first-order valence-corrected chi connectivity index (χ1v) is 8.53. The quantitative estimate of drug-likeness (QED) is 0.869. The summed E-state index contributed by atoms with van der Waals surface area (Å²) in [5.41, 5.74) is 0.837. The molecule has 20 heavy (non-hydrogen) atoms. The highest BCUT2D eigenvalue weighted by Crippen LogP contribution is 2.40. The zero-order valence-corrected chi connectivity index (χ0v) is 12.7. The van der Waals surface area contributed by atoms with Crippen LogP contribution in [0.5, 0.6) is 0 Å². The second-order valence-electron chi connectivity index (χ2n) is 5.78. The van der Waals surface area contributed by atoms with Crippen molar-refractivity contribution < 1.29 is 9.53 Å². The zero-order valence-electron chi connectivity index (χ0n) is 11.9. The van der Waals surface area contributed by atoms with Crippen molar-refractivity contribution in [1.82, 2.24) is 5.32 Å². The first-order valence-electron chi connectivity index (χ1n) is 7.30. The molecule has 0 unspecified atom stereocenters. The molecule has 1 spiro atoms. The van der Waals surface area contributed by atoms with Gasteiger partial charge in [0.2, 0.25) is 0 Å². The van der Waals surface area contributed by atoms with Crippen LogP contribution in [0.4, 0.5) is 0 Å². The third-order valence-corrected chi connectivity index (χ3v) is 5.21. The highest BCUT2D eigenvalue weighted by molar-refractivity contribution is 7.98. The molecule has 2 aliphatic rings. The van der Waals surface area contributed by atoms with E-state index in [1.165, 1.54) is 12.8 Å². The number of thioether (sulfide) groups is 1. The molecular weight excluding hydrogens is 270 g/mol. The Morgan fingerprint density at radius 2 is 2.10 bits per heavy atom. The van der Waals surface area contributed by atoms with E-state index in [1.807, 2.05) is 30.5 Å². The van der Waals surface area contributed by atoms with E-state index in [1.54, 1.807) is 11.8 Å². The Morgan fingerprint density at radius 3 is 2.85 bits per heavy atom. The van der Waals surface area contributed by atoms with Crippen LogP contribution >= 0.6 is 11.8 Å². The molecule has 0 aromatic heterocycles. The van der Waals surface area contributed by atoms with Crippen molar-refractivity contribution in [3.63, 3.8) is 0 Å². The minimum Gasteiger partial charge on any atom is -0.373 e. The summed E-state index contributed by atoms with van der Waals surface area (Å²) in [6.45, 7) is 0.660. The molecule has 0 bridgehead atoms. The number of hydrogen-bond donors (Lipinski definition) is 1. The highest BCUT2D eigenvalue weighted by Gasteiger charge is 2.42. The smallest absolute Gasteiger partial charge is 0.252 e. The van der Waals surface area contributed by atoms with Crippen LogP contribution in [0.25, 0.3) is 0 Å². The molecular formula is C16H21NO2S. The monoisotopic (exact) mass is 291 g/mol. The van der Waals surface area contributed by atoms with Gasteiger partial charge < -0.3 is 10.1 Å². The molecule has 3 nitrogen and oxygen atoms in total. The Morgan fingerprint density at radius 1 is 1.35 bits per heavy atom. The van der Waals surface area contributed by atoms with Gasteiger partial charge in [-0.3, -0.25) is 4.79 Å². The van der Waals surface area contributed by atoms with Crippen molar-refractivity contribution in [2.75, 3.05) is 12.9 Å². The lowest BCUT2D eigenvalue weighted by Gasteiger charge is -2.21. The summed E-state index contributed by atoms with van der Waals surface area (Å²) in [6.07, 6.45) is 7.80. The van der Waals surface area contributed by atoms with E-state index in [0.717, 1.165) is 29.7 Å². The van der Waals surface area contributed by atoms with Crippen molar-refractivity contribution in [2.45, 2.75) is 48.6 Å². The van der Waals surface area contributed by atoms with Crippen LogP contribution in [0.1, 0.15) is 42.5 Å². The molecule has 0 radical (unpaired) electrons. The van der Waals surface area contributed by atoms with E-state index in [4.69, 9.17) is 4.74 Å². The van der Waals surface area contributed by atoms with E-state index in [2.05, 4.69) is 5.32 Å². The van der Waals surface area contributed by atoms with Gasteiger partial charge in [0.25, 0.3) is 5.91 Å². The summed E-state index contributed by atoms with van der Waals surface area (Å²) < 4.78 is 5.99. The SMILES string of the molecule is CSc1ccccc1C(=O)N[C@@H]1COC2(CCCC2)C1. The molecule has 1 aliphatic heterocycles. The number of amides is 1. The molecule has 1 heterocycles. The van der Waals surface area contributed by atoms with Gasteiger partial charge in [0.05, 0.1) is 23.8 Å². The molecule has 1 amide bonds. The molecule has 1 aliphatic carbocycles. The lowest BCUT2D eigenvalue weighted by Crippen LogP contribution is -2.36. The molecule has 4 heteroatoms. The maximum Gasteiger partial charge on any atom is 0.252 e. The van der Waals surface area contributed by atoms with Crippen LogP contribution in [0, 0.1) is 0 Å². The first-order chi connectivity index (χ1) is 9.72. The van der Waals surface area contributed by atoms with Gasteiger partial charge in [-0.1, -0.05) is 25.0 Å². The van der Waals surface area contributed by atoms with Gasteiger partial charge in [0.15, 0.2) is 0 Å². The molecule has 1 atom stereocenters. The zero-order chi connectivity index (χ0) is 14.0. The number of rotatable bonds is 3. The van der Waals surface area contributed by atoms with Crippen LogP contribution in [0.3, 0.4) is 0 Å². The highest BCUT2D eigenvalue weighted by atomic mass is 32.2. The van der Waals surface area contributed by atoms with Crippen molar-refractivity contribution in [3.05, 3.63) is 29.8 Å². The fraction of sp³-hybridized carbons (Fsp3) is 0.562. The fourth-order valence-electron chi connectivity index (χ4n) is 3.40. The standard InChI is InChI=1S/C16H21NO2S/c1-20-14-7-3-2-6-13(14)15(18)17-12-10-16(19-11-12)8-4-5-9-16/h2-3,6-7,12H,4-5,8-11H2,1H3,(H,17,18)/t12-/m0/s1. The Balaban J connectivity index is 1.65. The Kier molecular flexibility index (Phi) is 4.03. The van der Waals surface area contributed by atoms with Crippen LogP contribution in [-0.2, 0) is 4.74 Å². The second-order valence-corrected chi connectivity index (χ2v) is 6.62. The summed E-state index contributed by atoms with van der Waals surface area (Å²) in [5, 5.41) is 3.14. The van der Waals surface area contributed by atoms with Gasteiger partial charge >= 0.3 is 0 Å². The van der Waals surface area contributed by atoms with Crippen molar-refractivity contribution >= 4 is 17.7 Å². The maximum absolute atomic E-state index is 12.4. The van der Waals surface area contributed by atoms with Gasteiger partial charge in [0.1, 0.15) is 0 Å². The predicted octanol–water partition coefficient (Wildman–Crippen LogP) is 3.24. The van der Waals surface area contributed by atoms with Crippen molar-refractivity contribution in [3.8, 4) is 0 Å². The minimum absolute atomic E-state index is 0.0265. The Labute approximate surface area is 124 Å². The van der Waals surface area contributed by atoms with E-state index >= 15 is 0 Å². The van der Waals surface area contributed by atoms with Gasteiger partial charge in [-0.2, -0.15) is 0 Å². The number of nitrogens with one attached hydrogen (secondary N) is 1. The van der Waals surface area contributed by atoms with E-state index in [-0.39, 0.29) is 17.6 Å². The molecule has 1 saturated heterocycles. The second kappa shape index (κ2) is 5.78. The van der Waals surface area contributed by atoms with Gasteiger partial charge in [0, 0.05) is 4.90 Å². The fourth-order valence-corrected chi connectivity index (χ4v) is 4.00. The lowest BCUT2D eigenvalue weighted by molar-refractivity contribution is 0.00987. The number of hydrogen-bond acceptors (Lipinski definition) is 3. The van der Waals surface area contributed by atoms with Crippen LogP contribution in [-0.4, -0.2) is 30.4 Å². The number of carbonyl (C=O) groups is 1. The Hall–Kier alpha value is -1.00. The summed E-state index contributed by atoms with van der Waals surface area (Å²) in [6, 6.07) is 7.92. The van der Waals surface area contributed by atoms with Crippen molar-refractivity contribution in [1.29, 1.82) is 0 Å². The molecule has 1 N–H and O–H groups in total. The summed E-state index contributed by atoms with van der Waals surface area (Å²) in [5.74, 6) is 0.0265. The average molecular weight is 291 g/mol. The number of ether oxygens (including phenoxy) is 1. The average Bonchev–Trinajstić information content (AvgIpc) is 3.09. The molecule has 1 saturated carbocycles. The molecule has 108 valence electrons. The van der Waals surface area contributed by atoms with E-state index < -0.39 is 0 Å². The summed E-state index contributed by atoms with van der Waals surface area (Å²) in [4.78, 5) is 13.4. The lowest BCUT2D eigenvalue weighted by atomic mass is 9.96. The van der Waals surface area contributed by atoms with Crippen LogP contribution in [0.15, 0.2) is 29.2 Å². The topological polar surface area (TPSA) is 38.3 Å². The third kappa shape index (κ3) is 2.72. The predicted molar refractivity (Wildman–Crippen MR) is 81.2 cm³/mol. The molecule has 2 fully saturated rings. The summed E-state index contributed by atoms with van der Waals surface area (Å²) >= 11 is 1.61. The summed E-state index contributed by atoms with van der Waals surface area (Å²) in [7, 11) is 0. The molecule has 3 rings (SSSR count). The first kappa shape index (κ1) is 14.0. The van der Waals surface area contributed by atoms with Gasteiger partial charge in [-0.05, 0) is 37.7 Å². The minimum atomic E-state index is 0.0265. The van der Waals surface area contributed by atoms with Gasteiger partial charge in [-0.25, -0.2) is 0 Å². The number of benzene rings is 1. The van der Waals surface area contributed by atoms with Crippen molar-refractivity contribution in [2.24, 2.45) is 0 Å². The van der Waals surface area contributed by atoms with E-state index in [0.29, 0.717) is 6.61 Å². The van der Waals surface area contributed by atoms with Crippen LogP contribution < -0.4 is 5.32 Å². The normalized spacial score (nSPS) is 24.1.